The van der Waals surface area contributed by atoms with E-state index in [-0.39, 0.29) is 36.6 Å². The highest BCUT2D eigenvalue weighted by atomic mass is 16.5. The molecule has 170 valence electrons. The van der Waals surface area contributed by atoms with E-state index in [9.17, 15) is 14.4 Å². The number of carbonyl (C=O) groups excluding carboxylic acids is 3. The van der Waals surface area contributed by atoms with Crippen LogP contribution in [0, 0.1) is 5.92 Å². The first kappa shape index (κ1) is 21.9. The number of esters is 1. The number of nitrogens with zero attached hydrogens (tertiary/aromatic N) is 3. The molecule has 32 heavy (non-hydrogen) atoms. The lowest BCUT2D eigenvalue weighted by Crippen LogP contribution is -2.47. The minimum atomic E-state index is -0.565. The van der Waals surface area contributed by atoms with Crippen molar-refractivity contribution < 1.29 is 23.9 Å². The molecule has 1 N–H and O–H groups in total. The van der Waals surface area contributed by atoms with E-state index in [4.69, 9.17) is 9.47 Å². The maximum absolute atomic E-state index is 12.9. The Morgan fingerprint density at radius 2 is 1.94 bits per heavy atom. The van der Waals surface area contributed by atoms with Gasteiger partial charge in [-0.1, -0.05) is 18.2 Å². The molecule has 2 amide bonds. The molecule has 2 fully saturated rings. The van der Waals surface area contributed by atoms with Crippen molar-refractivity contribution >= 4 is 17.8 Å². The van der Waals surface area contributed by atoms with E-state index < -0.39 is 12.0 Å². The number of rotatable bonds is 9. The highest BCUT2D eigenvalue weighted by Gasteiger charge is 2.35. The number of ether oxygens (including phenoxy) is 2. The Kier molecular flexibility index (Phi) is 6.72. The first-order valence-corrected chi connectivity index (χ1v) is 11.1. The number of likely N-dealkylation sites (tertiary alicyclic amines) is 1. The molecule has 0 spiro atoms. The Labute approximate surface area is 186 Å². The van der Waals surface area contributed by atoms with E-state index in [1.54, 1.807) is 11.8 Å². The first-order valence-electron chi connectivity index (χ1n) is 11.1. The molecule has 2 aliphatic rings. The zero-order chi connectivity index (χ0) is 22.5. The van der Waals surface area contributed by atoms with Crippen LogP contribution in [-0.4, -0.2) is 64.8 Å². The Morgan fingerprint density at radius 3 is 2.66 bits per heavy atom. The molecule has 9 heteroatoms. The molecule has 1 atom stereocenters. The third kappa shape index (κ3) is 5.09. The van der Waals surface area contributed by atoms with Gasteiger partial charge in [-0.3, -0.25) is 9.59 Å². The average Bonchev–Trinajstić information content (AvgIpc) is 3.33. The molecule has 9 nitrogen and oxygen atoms in total. The predicted octanol–water partition coefficient (Wildman–Crippen LogP) is 1.94. The lowest BCUT2D eigenvalue weighted by molar-refractivity contribution is -0.140. The van der Waals surface area contributed by atoms with Crippen LogP contribution in [0.2, 0.25) is 0 Å². The van der Waals surface area contributed by atoms with Gasteiger partial charge in [0.25, 0.3) is 5.91 Å². The summed E-state index contributed by atoms with van der Waals surface area (Å²) in [5.74, 6) is -0.0965. The second-order valence-corrected chi connectivity index (χ2v) is 8.06. The highest BCUT2D eigenvalue weighted by Crippen LogP contribution is 2.28. The van der Waals surface area contributed by atoms with Gasteiger partial charge in [0.1, 0.15) is 6.04 Å². The third-order valence-electron chi connectivity index (χ3n) is 5.64. The number of amides is 2. The van der Waals surface area contributed by atoms with E-state index in [0.29, 0.717) is 31.1 Å². The van der Waals surface area contributed by atoms with Crippen LogP contribution in [0.3, 0.4) is 0 Å². The molecule has 4 rings (SSSR count). The van der Waals surface area contributed by atoms with Gasteiger partial charge in [0.2, 0.25) is 11.8 Å². The van der Waals surface area contributed by atoms with Crippen molar-refractivity contribution in [2.45, 2.75) is 38.6 Å². The quantitative estimate of drug-likeness (QED) is 0.598. The lowest BCUT2D eigenvalue weighted by Gasteiger charge is -2.24. The monoisotopic (exact) mass is 440 g/mol. The molecule has 1 aliphatic heterocycles. The Bertz CT molecular complexity index is 970. The fourth-order valence-electron chi connectivity index (χ4n) is 3.77. The lowest BCUT2D eigenvalue weighted by atomic mass is 10.2. The predicted molar refractivity (Wildman–Crippen MR) is 115 cm³/mol. The summed E-state index contributed by atoms with van der Waals surface area (Å²) >= 11 is 0. The van der Waals surface area contributed by atoms with Gasteiger partial charge in [0.05, 0.1) is 12.3 Å². The maximum Gasteiger partial charge on any atom is 0.358 e. The summed E-state index contributed by atoms with van der Waals surface area (Å²) in [6, 6.07) is 10.2. The molecule has 0 bridgehead atoms. The molecule has 1 aromatic heterocycles. The van der Waals surface area contributed by atoms with Crippen molar-refractivity contribution in [3.8, 4) is 11.6 Å². The number of carbonyl (C=O) groups is 3. The van der Waals surface area contributed by atoms with Gasteiger partial charge in [-0.15, -0.1) is 0 Å². The molecule has 1 saturated heterocycles. The van der Waals surface area contributed by atoms with Crippen molar-refractivity contribution in [2.24, 2.45) is 5.92 Å². The van der Waals surface area contributed by atoms with Crippen molar-refractivity contribution in [3.63, 3.8) is 0 Å². The molecule has 1 unspecified atom stereocenters. The van der Waals surface area contributed by atoms with E-state index >= 15 is 0 Å². The second kappa shape index (κ2) is 9.84. The van der Waals surface area contributed by atoms with Gasteiger partial charge >= 0.3 is 5.97 Å². The summed E-state index contributed by atoms with van der Waals surface area (Å²) in [6.07, 6.45) is 3.74. The molecule has 0 radical (unpaired) electrons. The Balaban J connectivity index is 1.44. The molecular formula is C23H28N4O5. The van der Waals surface area contributed by atoms with Gasteiger partial charge < -0.3 is 19.7 Å². The van der Waals surface area contributed by atoms with Crippen molar-refractivity contribution in [1.82, 2.24) is 20.0 Å². The molecule has 1 saturated carbocycles. The van der Waals surface area contributed by atoms with E-state index in [2.05, 4.69) is 10.4 Å². The summed E-state index contributed by atoms with van der Waals surface area (Å²) in [6.45, 7) is 2.89. The zero-order valence-corrected chi connectivity index (χ0v) is 18.2. The van der Waals surface area contributed by atoms with Crippen LogP contribution in [0.4, 0.5) is 0 Å². The molecule has 2 aromatic rings. The molecule has 2 heterocycles. The standard InChI is InChI=1S/C23H28N4O5/c1-2-31-23(30)18-13-21(27(25-18)17-7-4-3-5-8-17)32-15-20(28)26-12-6-9-19(26)22(29)24-14-16-10-11-16/h3-5,7-8,13,16,19H,2,6,9-12,14-15H2,1H3,(H,24,29). The van der Waals surface area contributed by atoms with Crippen LogP contribution in [0.15, 0.2) is 36.4 Å². The number of benzene rings is 1. The van der Waals surface area contributed by atoms with Gasteiger partial charge in [0.15, 0.2) is 12.3 Å². The van der Waals surface area contributed by atoms with E-state index in [0.717, 1.165) is 19.3 Å². The second-order valence-electron chi connectivity index (χ2n) is 8.06. The third-order valence-corrected chi connectivity index (χ3v) is 5.64. The van der Waals surface area contributed by atoms with Crippen molar-refractivity contribution in [3.05, 3.63) is 42.1 Å². The van der Waals surface area contributed by atoms with E-state index in [1.807, 2.05) is 30.3 Å². The van der Waals surface area contributed by atoms with Gasteiger partial charge in [-0.05, 0) is 50.7 Å². The first-order chi connectivity index (χ1) is 15.6. The van der Waals surface area contributed by atoms with Gasteiger partial charge in [0, 0.05) is 19.2 Å². The number of nitrogens with one attached hydrogen (secondary N) is 1. The molecular weight excluding hydrogens is 412 g/mol. The Morgan fingerprint density at radius 1 is 1.16 bits per heavy atom. The number of hydrogen-bond donors (Lipinski definition) is 1. The fourth-order valence-corrected chi connectivity index (χ4v) is 3.77. The number of para-hydroxylation sites is 1. The molecule has 1 aliphatic carbocycles. The van der Waals surface area contributed by atoms with Crippen molar-refractivity contribution in [1.29, 1.82) is 0 Å². The summed E-state index contributed by atoms with van der Waals surface area (Å²) < 4.78 is 12.3. The summed E-state index contributed by atoms with van der Waals surface area (Å²) in [5, 5.41) is 7.26. The normalized spacial score (nSPS) is 17.8. The summed E-state index contributed by atoms with van der Waals surface area (Å²) in [4.78, 5) is 39.1. The largest absolute Gasteiger partial charge is 0.467 e. The zero-order valence-electron chi connectivity index (χ0n) is 18.2. The maximum atomic E-state index is 12.9. The Hall–Kier alpha value is -3.36. The van der Waals surface area contributed by atoms with Crippen LogP contribution >= 0.6 is 0 Å². The summed E-state index contributed by atoms with van der Waals surface area (Å²) in [5.41, 5.74) is 0.778. The minimum absolute atomic E-state index is 0.0941. The van der Waals surface area contributed by atoms with Crippen LogP contribution in [0.25, 0.3) is 5.69 Å². The van der Waals surface area contributed by atoms with Crippen LogP contribution < -0.4 is 10.1 Å². The van der Waals surface area contributed by atoms with Crippen LogP contribution in [-0.2, 0) is 14.3 Å². The SMILES string of the molecule is CCOC(=O)c1cc(OCC(=O)N2CCCC2C(=O)NCC2CC2)n(-c2ccccc2)n1. The van der Waals surface area contributed by atoms with E-state index in [1.165, 1.54) is 10.7 Å². The fraction of sp³-hybridized carbons (Fsp3) is 0.478. The molecule has 1 aromatic carbocycles. The van der Waals surface area contributed by atoms with Gasteiger partial charge in [-0.2, -0.15) is 5.10 Å². The minimum Gasteiger partial charge on any atom is -0.467 e. The highest BCUT2D eigenvalue weighted by molar-refractivity contribution is 5.89. The topological polar surface area (TPSA) is 103 Å². The average molecular weight is 441 g/mol. The van der Waals surface area contributed by atoms with Crippen molar-refractivity contribution in [2.75, 3.05) is 26.3 Å². The number of aromatic nitrogens is 2. The van der Waals surface area contributed by atoms with Crippen LogP contribution in [0.1, 0.15) is 43.1 Å². The van der Waals surface area contributed by atoms with Gasteiger partial charge in [-0.25, -0.2) is 9.48 Å². The van der Waals surface area contributed by atoms with Crippen LogP contribution in [0.5, 0.6) is 5.88 Å². The summed E-state index contributed by atoms with van der Waals surface area (Å²) in [7, 11) is 0. The smallest absolute Gasteiger partial charge is 0.358 e. The number of hydrogen-bond acceptors (Lipinski definition) is 6.